The zero-order valence-corrected chi connectivity index (χ0v) is 14.1. The third kappa shape index (κ3) is 5.04. The van der Waals surface area contributed by atoms with Gasteiger partial charge in [-0.1, -0.05) is 85.6 Å². The fourth-order valence-corrected chi connectivity index (χ4v) is 3.19. The van der Waals surface area contributed by atoms with E-state index in [-0.39, 0.29) is 0 Å². The van der Waals surface area contributed by atoms with Crippen molar-refractivity contribution in [3.05, 3.63) is 76.7 Å². The lowest BCUT2D eigenvalue weighted by Gasteiger charge is -2.15. The number of rotatable bonds is 7. The normalized spacial score (nSPS) is 13.1. The topological polar surface area (TPSA) is 20.2 Å². The second kappa shape index (κ2) is 8.82. The molecule has 0 aliphatic carbocycles. The lowest BCUT2D eigenvalue weighted by atomic mass is 10.1. The molecule has 0 aromatic heterocycles. The summed E-state index contributed by atoms with van der Waals surface area (Å²) in [4.78, 5) is 2.19. The van der Waals surface area contributed by atoms with Gasteiger partial charge >= 0.3 is 0 Å². The molecule has 1 atom stereocenters. The van der Waals surface area contributed by atoms with E-state index in [0.717, 1.165) is 23.3 Å². The maximum atomic E-state index is 10.7. The summed E-state index contributed by atoms with van der Waals surface area (Å²) in [6, 6.07) is 18.3. The van der Waals surface area contributed by atoms with E-state index in [0.29, 0.717) is 0 Å². The first-order valence-corrected chi connectivity index (χ1v) is 8.70. The number of hydrogen-bond acceptors (Lipinski definition) is 2. The first-order valence-electron chi connectivity index (χ1n) is 7.88. The molecule has 0 fully saturated rings. The molecule has 1 unspecified atom stereocenters. The zero-order valence-electron chi connectivity index (χ0n) is 13.3. The third-order valence-electron chi connectivity index (χ3n) is 3.54. The Balaban J connectivity index is 2.18. The number of allylic oxidation sites excluding steroid dienone is 1. The van der Waals surface area contributed by atoms with Gasteiger partial charge in [-0.15, -0.1) is 0 Å². The predicted molar refractivity (Wildman–Crippen MR) is 96.0 cm³/mol. The van der Waals surface area contributed by atoms with Crippen molar-refractivity contribution >= 4 is 11.8 Å². The van der Waals surface area contributed by atoms with Crippen LogP contribution < -0.4 is 0 Å². The van der Waals surface area contributed by atoms with Crippen molar-refractivity contribution < 1.29 is 5.11 Å². The van der Waals surface area contributed by atoms with Gasteiger partial charge in [0.2, 0.25) is 0 Å². The Kier molecular flexibility index (Phi) is 6.75. The Morgan fingerprint density at radius 3 is 2.41 bits per heavy atom. The van der Waals surface area contributed by atoms with E-state index in [1.807, 2.05) is 30.3 Å². The number of thioether (sulfide) groups is 1. The fraction of sp³-hybridized carbons (Fsp3) is 0.300. The van der Waals surface area contributed by atoms with Crippen LogP contribution in [0.5, 0.6) is 0 Å². The first-order chi connectivity index (χ1) is 10.7. The second-order valence-corrected chi connectivity index (χ2v) is 6.62. The van der Waals surface area contributed by atoms with Gasteiger partial charge in [0.25, 0.3) is 0 Å². The molecular weight excluding hydrogens is 288 g/mol. The van der Waals surface area contributed by atoms with Crippen molar-refractivity contribution in [3.8, 4) is 0 Å². The summed E-state index contributed by atoms with van der Waals surface area (Å²) < 4.78 is 0. The molecule has 0 aliphatic rings. The molecule has 2 heteroatoms. The maximum absolute atomic E-state index is 10.7. The van der Waals surface area contributed by atoms with E-state index < -0.39 is 6.10 Å². The number of aliphatic hydroxyl groups excluding tert-OH is 1. The summed E-state index contributed by atoms with van der Waals surface area (Å²) in [6.07, 6.45) is 4.96. The van der Waals surface area contributed by atoms with Crippen molar-refractivity contribution in [3.63, 3.8) is 0 Å². The lowest BCUT2D eigenvalue weighted by Crippen LogP contribution is -1.99. The Bertz CT molecular complexity index is 587. The molecule has 1 N–H and O–H groups in total. The molecule has 2 aromatic rings. The molecule has 2 aromatic carbocycles. The summed E-state index contributed by atoms with van der Waals surface area (Å²) in [6.45, 7) is 4.28. The Hall–Kier alpha value is -1.51. The highest BCUT2D eigenvalue weighted by Crippen LogP contribution is 2.36. The molecular formula is C20H24OS. The summed E-state index contributed by atoms with van der Waals surface area (Å²) in [5.41, 5.74) is 2.20. The molecule has 1 nitrogen and oxygen atoms in total. The molecule has 0 heterocycles. The van der Waals surface area contributed by atoms with Crippen LogP contribution in [0.1, 0.15) is 43.4 Å². The van der Waals surface area contributed by atoms with E-state index in [9.17, 15) is 5.11 Å². The van der Waals surface area contributed by atoms with Crippen molar-refractivity contribution in [1.29, 1.82) is 0 Å². The van der Waals surface area contributed by atoms with E-state index in [1.54, 1.807) is 11.8 Å². The average molecular weight is 312 g/mol. The highest BCUT2D eigenvalue weighted by molar-refractivity contribution is 8.03. The van der Waals surface area contributed by atoms with Crippen LogP contribution in [0.3, 0.4) is 0 Å². The predicted octanol–water partition coefficient (Wildman–Crippen LogP) is 5.89. The van der Waals surface area contributed by atoms with Crippen LogP contribution in [0.15, 0.2) is 70.5 Å². The average Bonchev–Trinajstić information content (AvgIpc) is 2.56. The number of benzene rings is 2. The number of aliphatic hydroxyl groups is 1. The molecule has 0 radical (unpaired) electrons. The molecule has 116 valence electrons. The van der Waals surface area contributed by atoms with Crippen LogP contribution in [-0.2, 0) is 0 Å². The molecule has 0 aliphatic heterocycles. The zero-order chi connectivity index (χ0) is 15.8. The van der Waals surface area contributed by atoms with Gasteiger partial charge in [0.05, 0.1) is 0 Å². The minimum atomic E-state index is -0.552. The standard InChI is InChI=1S/C20H24OS/c1-3-4-6-11-19(20(21)17-9-7-5-8-10-17)22-18-14-12-16(2)13-15-18/h5,7-15,20-21H,3-4,6H2,1-2H3/b19-11-. The first kappa shape index (κ1) is 16.9. The highest BCUT2D eigenvalue weighted by atomic mass is 32.2. The second-order valence-electron chi connectivity index (χ2n) is 5.48. The quantitative estimate of drug-likeness (QED) is 0.508. The van der Waals surface area contributed by atoms with Gasteiger partial charge in [-0.05, 0) is 31.0 Å². The Morgan fingerprint density at radius 1 is 1.09 bits per heavy atom. The minimum Gasteiger partial charge on any atom is -0.383 e. The van der Waals surface area contributed by atoms with Gasteiger partial charge in [0.1, 0.15) is 6.10 Å². The summed E-state index contributed by atoms with van der Waals surface area (Å²) in [5.74, 6) is 0. The smallest absolute Gasteiger partial charge is 0.110 e. The van der Waals surface area contributed by atoms with Crippen LogP contribution in [0, 0.1) is 6.92 Å². The lowest BCUT2D eigenvalue weighted by molar-refractivity contribution is 0.224. The van der Waals surface area contributed by atoms with Gasteiger partial charge in [0.15, 0.2) is 0 Å². The van der Waals surface area contributed by atoms with Crippen LogP contribution in [0.4, 0.5) is 0 Å². The van der Waals surface area contributed by atoms with Crippen LogP contribution in [0.2, 0.25) is 0 Å². The van der Waals surface area contributed by atoms with E-state index in [2.05, 4.69) is 44.2 Å². The number of aryl methyl sites for hydroxylation is 1. The molecule has 0 saturated carbocycles. The number of unbranched alkanes of at least 4 members (excludes halogenated alkanes) is 2. The van der Waals surface area contributed by atoms with E-state index in [1.165, 1.54) is 16.9 Å². The van der Waals surface area contributed by atoms with Gasteiger partial charge in [-0.2, -0.15) is 0 Å². The van der Waals surface area contributed by atoms with Crippen molar-refractivity contribution in [2.24, 2.45) is 0 Å². The van der Waals surface area contributed by atoms with Gasteiger partial charge in [-0.25, -0.2) is 0 Å². The van der Waals surface area contributed by atoms with Crippen molar-refractivity contribution in [1.82, 2.24) is 0 Å². The third-order valence-corrected chi connectivity index (χ3v) is 4.68. The SMILES string of the molecule is CCCC/C=C(\Sc1ccc(C)cc1)C(O)c1ccccc1. The van der Waals surface area contributed by atoms with Gasteiger partial charge < -0.3 is 5.11 Å². The maximum Gasteiger partial charge on any atom is 0.110 e. The van der Waals surface area contributed by atoms with Gasteiger partial charge in [0, 0.05) is 9.80 Å². The molecule has 0 saturated heterocycles. The highest BCUT2D eigenvalue weighted by Gasteiger charge is 2.14. The Labute approximate surface area is 138 Å². The van der Waals surface area contributed by atoms with Gasteiger partial charge in [-0.3, -0.25) is 0 Å². The van der Waals surface area contributed by atoms with Crippen molar-refractivity contribution in [2.75, 3.05) is 0 Å². The minimum absolute atomic E-state index is 0.552. The van der Waals surface area contributed by atoms with Crippen LogP contribution >= 0.6 is 11.8 Å². The Morgan fingerprint density at radius 2 is 1.77 bits per heavy atom. The summed E-state index contributed by atoms with van der Waals surface area (Å²) in [7, 11) is 0. The fourth-order valence-electron chi connectivity index (χ4n) is 2.20. The molecule has 0 spiro atoms. The largest absolute Gasteiger partial charge is 0.383 e. The van der Waals surface area contributed by atoms with Crippen molar-refractivity contribution in [2.45, 2.75) is 44.1 Å². The van der Waals surface area contributed by atoms with Crippen LogP contribution in [-0.4, -0.2) is 5.11 Å². The van der Waals surface area contributed by atoms with E-state index >= 15 is 0 Å². The molecule has 2 rings (SSSR count). The molecule has 0 amide bonds. The molecule has 0 bridgehead atoms. The van der Waals surface area contributed by atoms with E-state index in [4.69, 9.17) is 0 Å². The van der Waals surface area contributed by atoms with Crippen LogP contribution in [0.25, 0.3) is 0 Å². The summed E-state index contributed by atoms with van der Waals surface area (Å²) in [5, 5.41) is 10.7. The summed E-state index contributed by atoms with van der Waals surface area (Å²) >= 11 is 1.66. The monoisotopic (exact) mass is 312 g/mol. The molecule has 22 heavy (non-hydrogen) atoms. The number of hydrogen-bond donors (Lipinski definition) is 1.